The second-order valence-electron chi connectivity index (χ2n) is 5.46. The van der Waals surface area contributed by atoms with Crippen LogP contribution in [0.2, 0.25) is 10.0 Å². The van der Waals surface area contributed by atoms with E-state index >= 15 is 0 Å². The number of amides is 1. The minimum absolute atomic E-state index is 0.0189. The molecule has 0 atom stereocenters. The molecule has 136 valence electrons. The number of anilines is 1. The van der Waals surface area contributed by atoms with Crippen molar-refractivity contribution in [2.45, 2.75) is 0 Å². The first-order chi connectivity index (χ1) is 12.9. The van der Waals surface area contributed by atoms with Crippen molar-refractivity contribution in [1.82, 2.24) is 0 Å². The smallest absolute Gasteiger partial charge is 0.312 e. The van der Waals surface area contributed by atoms with Crippen LogP contribution in [0.15, 0.2) is 66.7 Å². The number of nitro benzene ring substituents is 1. The molecule has 3 aromatic carbocycles. The van der Waals surface area contributed by atoms with E-state index in [2.05, 4.69) is 5.32 Å². The van der Waals surface area contributed by atoms with E-state index in [0.29, 0.717) is 21.5 Å². The minimum atomic E-state index is -0.607. The molecule has 3 rings (SSSR count). The molecule has 0 aliphatic carbocycles. The number of ether oxygens (including phenoxy) is 1. The first-order valence-electron chi connectivity index (χ1n) is 7.71. The number of nitrogens with one attached hydrogen (secondary N) is 1. The van der Waals surface area contributed by atoms with Gasteiger partial charge in [-0.3, -0.25) is 14.9 Å². The van der Waals surface area contributed by atoms with E-state index in [1.807, 2.05) is 0 Å². The summed E-state index contributed by atoms with van der Waals surface area (Å²) >= 11 is 11.6. The van der Waals surface area contributed by atoms with E-state index in [-0.39, 0.29) is 17.0 Å². The molecule has 0 aromatic heterocycles. The van der Waals surface area contributed by atoms with Crippen LogP contribution in [0.1, 0.15) is 10.4 Å². The fourth-order valence-corrected chi connectivity index (χ4v) is 2.51. The van der Waals surface area contributed by atoms with E-state index < -0.39 is 10.8 Å². The maximum absolute atomic E-state index is 12.4. The molecule has 0 radical (unpaired) electrons. The molecular formula is C19H12Cl2N2O4. The largest absolute Gasteiger partial charge is 0.450 e. The van der Waals surface area contributed by atoms with Gasteiger partial charge >= 0.3 is 5.69 Å². The Morgan fingerprint density at radius 3 is 2.11 bits per heavy atom. The topological polar surface area (TPSA) is 81.5 Å². The fourth-order valence-electron chi connectivity index (χ4n) is 2.25. The van der Waals surface area contributed by atoms with Gasteiger partial charge in [-0.25, -0.2) is 0 Å². The number of halogens is 2. The zero-order valence-electron chi connectivity index (χ0n) is 13.7. The lowest BCUT2D eigenvalue weighted by Crippen LogP contribution is -2.12. The summed E-state index contributed by atoms with van der Waals surface area (Å²) in [6, 6.07) is 16.9. The monoisotopic (exact) mass is 402 g/mol. The summed E-state index contributed by atoms with van der Waals surface area (Å²) in [6.45, 7) is 0. The van der Waals surface area contributed by atoms with Crippen LogP contribution in [0.3, 0.4) is 0 Å². The Morgan fingerprint density at radius 2 is 1.52 bits per heavy atom. The number of hydrogen-bond acceptors (Lipinski definition) is 4. The Hall–Kier alpha value is -3.09. The summed E-state index contributed by atoms with van der Waals surface area (Å²) in [5.41, 5.74) is 0.322. The van der Waals surface area contributed by atoms with E-state index in [4.69, 9.17) is 27.9 Å². The highest BCUT2D eigenvalue weighted by Crippen LogP contribution is 2.33. The molecular weight excluding hydrogens is 391 g/mol. The third kappa shape index (κ3) is 4.75. The Kier molecular flexibility index (Phi) is 5.59. The number of hydrogen-bond donors (Lipinski definition) is 1. The van der Waals surface area contributed by atoms with Crippen LogP contribution in [-0.4, -0.2) is 10.8 Å². The van der Waals surface area contributed by atoms with Gasteiger partial charge in [0.05, 0.1) is 4.92 Å². The molecule has 6 nitrogen and oxygen atoms in total. The molecule has 27 heavy (non-hydrogen) atoms. The van der Waals surface area contributed by atoms with Crippen molar-refractivity contribution in [2.24, 2.45) is 0 Å². The van der Waals surface area contributed by atoms with E-state index in [1.54, 1.807) is 48.5 Å². The van der Waals surface area contributed by atoms with Gasteiger partial charge in [-0.05, 0) is 60.7 Å². The number of rotatable bonds is 5. The van der Waals surface area contributed by atoms with Gasteiger partial charge in [0.1, 0.15) is 5.75 Å². The predicted octanol–water partition coefficient (Wildman–Crippen LogP) is 5.95. The number of nitro groups is 1. The standard InChI is InChI=1S/C19H12Cl2N2O4/c20-13-2-6-15(7-3-13)22-19(24)12-1-10-18(17(11-12)23(25)26)27-16-8-4-14(21)5-9-16/h1-11H,(H,22,24). The van der Waals surface area contributed by atoms with Gasteiger partial charge in [-0.2, -0.15) is 0 Å². The first kappa shape index (κ1) is 18.7. The fraction of sp³-hybridized carbons (Fsp3) is 0. The summed E-state index contributed by atoms with van der Waals surface area (Å²) in [4.78, 5) is 23.1. The molecule has 0 unspecified atom stereocenters. The minimum Gasteiger partial charge on any atom is -0.450 e. The lowest BCUT2D eigenvalue weighted by molar-refractivity contribution is -0.385. The van der Waals surface area contributed by atoms with Crippen LogP contribution < -0.4 is 10.1 Å². The van der Waals surface area contributed by atoms with Crippen molar-refractivity contribution in [3.8, 4) is 11.5 Å². The van der Waals surface area contributed by atoms with Gasteiger partial charge < -0.3 is 10.1 Å². The number of nitrogens with zero attached hydrogens (tertiary/aromatic N) is 1. The maximum Gasteiger partial charge on any atom is 0.312 e. The molecule has 0 saturated heterocycles. The molecule has 0 heterocycles. The lowest BCUT2D eigenvalue weighted by atomic mass is 10.1. The van der Waals surface area contributed by atoms with Crippen LogP contribution in [0, 0.1) is 10.1 Å². The first-order valence-corrected chi connectivity index (χ1v) is 8.47. The highest BCUT2D eigenvalue weighted by atomic mass is 35.5. The molecule has 0 aliphatic rings. The molecule has 3 aromatic rings. The molecule has 0 saturated carbocycles. The van der Waals surface area contributed by atoms with Gasteiger partial charge in [0.15, 0.2) is 0 Å². The Balaban J connectivity index is 1.84. The molecule has 0 aliphatic heterocycles. The zero-order chi connectivity index (χ0) is 19.4. The van der Waals surface area contributed by atoms with Gasteiger partial charge in [0.2, 0.25) is 5.75 Å². The van der Waals surface area contributed by atoms with Gasteiger partial charge in [-0.15, -0.1) is 0 Å². The van der Waals surface area contributed by atoms with Crippen molar-refractivity contribution in [1.29, 1.82) is 0 Å². The Morgan fingerprint density at radius 1 is 0.926 bits per heavy atom. The lowest BCUT2D eigenvalue weighted by Gasteiger charge is -2.09. The van der Waals surface area contributed by atoms with Crippen LogP contribution in [0.5, 0.6) is 11.5 Å². The van der Waals surface area contributed by atoms with Crippen LogP contribution in [0.4, 0.5) is 11.4 Å². The van der Waals surface area contributed by atoms with Gasteiger partial charge in [-0.1, -0.05) is 23.2 Å². The average molecular weight is 403 g/mol. The SMILES string of the molecule is O=C(Nc1ccc(Cl)cc1)c1ccc(Oc2ccc(Cl)cc2)c([N+](=O)[O-])c1. The van der Waals surface area contributed by atoms with Crippen LogP contribution >= 0.6 is 23.2 Å². The Bertz CT molecular complexity index is 990. The van der Waals surface area contributed by atoms with Crippen molar-refractivity contribution in [3.05, 3.63) is 92.5 Å². The maximum atomic E-state index is 12.4. The molecule has 0 fully saturated rings. The zero-order valence-corrected chi connectivity index (χ0v) is 15.2. The van der Waals surface area contributed by atoms with Crippen LogP contribution in [-0.2, 0) is 0 Å². The van der Waals surface area contributed by atoms with Gasteiger partial charge in [0, 0.05) is 27.4 Å². The summed E-state index contributed by atoms with van der Waals surface area (Å²) in [6.07, 6.45) is 0. The highest BCUT2D eigenvalue weighted by molar-refractivity contribution is 6.30. The summed E-state index contributed by atoms with van der Waals surface area (Å²) in [5, 5.41) is 15.1. The summed E-state index contributed by atoms with van der Waals surface area (Å²) in [5.74, 6) is -0.0790. The van der Waals surface area contributed by atoms with Crippen molar-refractivity contribution in [3.63, 3.8) is 0 Å². The number of carbonyl (C=O) groups is 1. The third-order valence-corrected chi connectivity index (χ3v) is 4.07. The van der Waals surface area contributed by atoms with Crippen LogP contribution in [0.25, 0.3) is 0 Å². The van der Waals surface area contributed by atoms with Crippen molar-refractivity contribution < 1.29 is 14.5 Å². The van der Waals surface area contributed by atoms with Crippen molar-refractivity contribution in [2.75, 3.05) is 5.32 Å². The highest BCUT2D eigenvalue weighted by Gasteiger charge is 2.19. The predicted molar refractivity (Wildman–Crippen MR) is 104 cm³/mol. The van der Waals surface area contributed by atoms with Crippen molar-refractivity contribution >= 4 is 40.5 Å². The summed E-state index contributed by atoms with van der Waals surface area (Å²) in [7, 11) is 0. The molecule has 8 heteroatoms. The second kappa shape index (κ2) is 8.07. The third-order valence-electron chi connectivity index (χ3n) is 3.56. The van der Waals surface area contributed by atoms with E-state index in [0.717, 1.165) is 6.07 Å². The second-order valence-corrected chi connectivity index (χ2v) is 6.33. The van der Waals surface area contributed by atoms with Gasteiger partial charge in [0.25, 0.3) is 5.91 Å². The Labute approximate surface area is 164 Å². The molecule has 0 bridgehead atoms. The van der Waals surface area contributed by atoms with E-state index in [9.17, 15) is 14.9 Å². The quantitative estimate of drug-likeness (QED) is 0.422. The average Bonchev–Trinajstić information content (AvgIpc) is 2.65. The summed E-state index contributed by atoms with van der Waals surface area (Å²) < 4.78 is 5.55. The normalized spacial score (nSPS) is 10.3. The molecule has 1 amide bonds. The van der Waals surface area contributed by atoms with E-state index in [1.165, 1.54) is 12.1 Å². The number of benzene rings is 3. The number of carbonyl (C=O) groups excluding carboxylic acids is 1. The molecule has 0 spiro atoms. The molecule has 1 N–H and O–H groups in total.